The number of hydrogen-bond acceptors (Lipinski definition) is 6. The molecule has 0 aromatic heterocycles. The van der Waals surface area contributed by atoms with E-state index in [4.69, 9.17) is 21.1 Å². The average Bonchev–Trinajstić information content (AvgIpc) is 2.66. The number of ether oxygens (including phenoxy) is 2. The molecule has 148 valence electrons. The Bertz CT molecular complexity index is 933. The standard InChI is InChI=1S/C20H21ClFN3O3/c1-12-16(21)5-4-6-17(12)23-20-24-19(26)18(28-3)11-25(20)10-13-7-14(22)9-15(8-13)27-2/h4-9,11,19,26H,10H2,1-3H3,(H,23,24). The Morgan fingerprint density at radius 1 is 1.25 bits per heavy atom. The van der Waals surface area contributed by atoms with Crippen molar-refractivity contribution >= 4 is 23.2 Å². The van der Waals surface area contributed by atoms with Gasteiger partial charge in [0.2, 0.25) is 12.2 Å². The van der Waals surface area contributed by atoms with Crippen LogP contribution in [0.5, 0.6) is 5.75 Å². The Kier molecular flexibility index (Phi) is 6.06. The zero-order chi connectivity index (χ0) is 20.3. The summed E-state index contributed by atoms with van der Waals surface area (Å²) in [6, 6.07) is 9.92. The fraction of sp³-hybridized carbons (Fsp3) is 0.250. The molecule has 0 radical (unpaired) electrons. The Morgan fingerprint density at radius 3 is 2.75 bits per heavy atom. The van der Waals surface area contributed by atoms with Gasteiger partial charge < -0.3 is 24.8 Å². The maximum absolute atomic E-state index is 13.9. The van der Waals surface area contributed by atoms with Gasteiger partial charge in [-0.05, 0) is 42.3 Å². The van der Waals surface area contributed by atoms with Crippen LogP contribution in [0.3, 0.4) is 0 Å². The third kappa shape index (κ3) is 4.37. The van der Waals surface area contributed by atoms with E-state index in [2.05, 4.69) is 10.3 Å². The quantitative estimate of drug-likeness (QED) is 0.790. The first-order valence-electron chi connectivity index (χ1n) is 8.55. The fourth-order valence-corrected chi connectivity index (χ4v) is 2.98. The number of aliphatic hydroxyl groups excluding tert-OH is 1. The number of guanidine groups is 1. The zero-order valence-corrected chi connectivity index (χ0v) is 16.5. The molecular weight excluding hydrogens is 385 g/mol. The van der Waals surface area contributed by atoms with Gasteiger partial charge in [0, 0.05) is 23.0 Å². The summed E-state index contributed by atoms with van der Waals surface area (Å²) >= 11 is 6.19. The number of nitrogens with one attached hydrogen (secondary N) is 1. The molecule has 2 aromatic rings. The molecule has 6 nitrogen and oxygen atoms in total. The summed E-state index contributed by atoms with van der Waals surface area (Å²) in [5.74, 6) is 0.665. The van der Waals surface area contributed by atoms with Crippen LogP contribution in [0.1, 0.15) is 11.1 Å². The number of nitrogens with zero attached hydrogens (tertiary/aromatic N) is 2. The summed E-state index contributed by atoms with van der Waals surface area (Å²) in [6.07, 6.45) is 0.474. The van der Waals surface area contributed by atoms with Crippen LogP contribution < -0.4 is 10.1 Å². The van der Waals surface area contributed by atoms with Crippen molar-refractivity contribution in [3.05, 3.63) is 70.3 Å². The third-order valence-electron chi connectivity index (χ3n) is 4.32. The van der Waals surface area contributed by atoms with Crippen LogP contribution in [0.15, 0.2) is 53.3 Å². The molecule has 2 N–H and O–H groups in total. The topological polar surface area (TPSA) is 66.3 Å². The van der Waals surface area contributed by atoms with Crippen molar-refractivity contribution in [3.63, 3.8) is 0 Å². The summed E-state index contributed by atoms with van der Waals surface area (Å²) in [4.78, 5) is 5.99. The second-order valence-corrected chi connectivity index (χ2v) is 6.63. The molecule has 1 heterocycles. The van der Waals surface area contributed by atoms with Crippen molar-refractivity contribution < 1.29 is 19.0 Å². The van der Waals surface area contributed by atoms with E-state index in [1.54, 1.807) is 23.2 Å². The predicted molar refractivity (Wildman–Crippen MR) is 107 cm³/mol. The number of halogens is 2. The van der Waals surface area contributed by atoms with Crippen LogP contribution in [0.4, 0.5) is 10.1 Å². The molecule has 3 rings (SSSR count). The predicted octanol–water partition coefficient (Wildman–Crippen LogP) is 3.89. The van der Waals surface area contributed by atoms with Gasteiger partial charge in [-0.2, -0.15) is 0 Å². The highest BCUT2D eigenvalue weighted by Crippen LogP contribution is 2.26. The molecule has 0 fully saturated rings. The fourth-order valence-electron chi connectivity index (χ4n) is 2.81. The molecule has 1 aliphatic rings. The monoisotopic (exact) mass is 405 g/mol. The second-order valence-electron chi connectivity index (χ2n) is 6.23. The number of hydrogen-bond donors (Lipinski definition) is 2. The summed E-state index contributed by atoms with van der Waals surface area (Å²) in [7, 11) is 2.93. The van der Waals surface area contributed by atoms with E-state index < -0.39 is 12.0 Å². The number of methoxy groups -OCH3 is 2. The van der Waals surface area contributed by atoms with E-state index in [1.807, 2.05) is 19.1 Å². The number of anilines is 1. The molecule has 0 saturated heterocycles. The van der Waals surface area contributed by atoms with E-state index in [1.165, 1.54) is 26.4 Å². The highest BCUT2D eigenvalue weighted by atomic mass is 35.5. The van der Waals surface area contributed by atoms with Crippen LogP contribution in [-0.4, -0.2) is 36.4 Å². The van der Waals surface area contributed by atoms with Gasteiger partial charge in [0.25, 0.3) is 0 Å². The molecule has 0 aliphatic carbocycles. The van der Waals surface area contributed by atoms with E-state index in [0.717, 1.165) is 11.3 Å². The minimum atomic E-state index is -1.15. The van der Waals surface area contributed by atoms with Gasteiger partial charge in [0.15, 0.2) is 5.76 Å². The van der Waals surface area contributed by atoms with E-state index in [9.17, 15) is 9.50 Å². The number of benzene rings is 2. The van der Waals surface area contributed by atoms with E-state index >= 15 is 0 Å². The number of rotatable bonds is 5. The van der Waals surface area contributed by atoms with Gasteiger partial charge in [0.05, 0.1) is 20.8 Å². The largest absolute Gasteiger partial charge is 0.497 e. The first-order chi connectivity index (χ1) is 13.4. The van der Waals surface area contributed by atoms with Gasteiger partial charge in [-0.3, -0.25) is 0 Å². The maximum Gasteiger partial charge on any atom is 0.208 e. The Balaban J connectivity index is 1.93. The maximum atomic E-state index is 13.9. The van der Waals surface area contributed by atoms with Crippen LogP contribution >= 0.6 is 11.6 Å². The molecule has 1 atom stereocenters. The molecule has 2 aromatic carbocycles. The Labute approximate surface area is 167 Å². The molecule has 8 heteroatoms. The van der Waals surface area contributed by atoms with Crippen molar-refractivity contribution in [1.29, 1.82) is 0 Å². The summed E-state index contributed by atoms with van der Waals surface area (Å²) < 4.78 is 24.2. The van der Waals surface area contributed by atoms with Crippen molar-refractivity contribution in [1.82, 2.24) is 4.90 Å². The molecule has 0 bridgehead atoms. The minimum absolute atomic E-state index is 0.275. The lowest BCUT2D eigenvalue weighted by atomic mass is 10.2. The smallest absolute Gasteiger partial charge is 0.208 e. The van der Waals surface area contributed by atoms with Crippen LogP contribution in [0, 0.1) is 12.7 Å². The summed E-state index contributed by atoms with van der Waals surface area (Å²) in [5.41, 5.74) is 2.25. The average molecular weight is 406 g/mol. The van der Waals surface area contributed by atoms with Crippen LogP contribution in [0.25, 0.3) is 0 Å². The molecule has 0 saturated carbocycles. The highest BCUT2D eigenvalue weighted by Gasteiger charge is 2.24. The molecule has 0 spiro atoms. The number of aliphatic imine (C=N–C) groups is 1. The van der Waals surface area contributed by atoms with E-state index in [0.29, 0.717) is 22.3 Å². The van der Waals surface area contributed by atoms with Crippen LogP contribution in [-0.2, 0) is 11.3 Å². The SMILES string of the molecule is COC1=CN(Cc2cc(F)cc(OC)c2)C(Nc2cccc(Cl)c2C)=NC1O. The molecule has 28 heavy (non-hydrogen) atoms. The summed E-state index contributed by atoms with van der Waals surface area (Å²) in [6.45, 7) is 2.15. The molecule has 1 aliphatic heterocycles. The molecule has 0 amide bonds. The first-order valence-corrected chi connectivity index (χ1v) is 8.93. The van der Waals surface area contributed by atoms with Crippen molar-refractivity contribution in [2.45, 2.75) is 19.7 Å². The second kappa shape index (κ2) is 8.50. The van der Waals surface area contributed by atoms with Gasteiger partial charge >= 0.3 is 0 Å². The van der Waals surface area contributed by atoms with Crippen LogP contribution in [0.2, 0.25) is 5.02 Å². The normalized spacial score (nSPS) is 16.4. The lowest BCUT2D eigenvalue weighted by Gasteiger charge is -2.29. The Hall–Kier alpha value is -2.77. The first kappa shape index (κ1) is 20.0. The van der Waals surface area contributed by atoms with Gasteiger partial charge in [0.1, 0.15) is 11.6 Å². The van der Waals surface area contributed by atoms with E-state index in [-0.39, 0.29) is 12.3 Å². The van der Waals surface area contributed by atoms with Gasteiger partial charge in [-0.1, -0.05) is 17.7 Å². The summed E-state index contributed by atoms with van der Waals surface area (Å²) in [5, 5.41) is 14.0. The van der Waals surface area contributed by atoms with Crippen molar-refractivity contribution in [2.24, 2.45) is 4.99 Å². The lowest BCUT2D eigenvalue weighted by Crippen LogP contribution is -2.38. The highest BCUT2D eigenvalue weighted by molar-refractivity contribution is 6.31. The van der Waals surface area contributed by atoms with Gasteiger partial charge in [-0.15, -0.1) is 0 Å². The Morgan fingerprint density at radius 2 is 2.04 bits per heavy atom. The lowest BCUT2D eigenvalue weighted by molar-refractivity contribution is 0.124. The minimum Gasteiger partial charge on any atom is -0.497 e. The molecular formula is C20H21ClFN3O3. The third-order valence-corrected chi connectivity index (χ3v) is 4.73. The van der Waals surface area contributed by atoms with Crippen molar-refractivity contribution in [3.8, 4) is 5.75 Å². The van der Waals surface area contributed by atoms with Crippen molar-refractivity contribution in [2.75, 3.05) is 19.5 Å². The van der Waals surface area contributed by atoms with Gasteiger partial charge in [-0.25, -0.2) is 9.38 Å². The molecule has 1 unspecified atom stereocenters. The zero-order valence-electron chi connectivity index (χ0n) is 15.7. The number of aliphatic hydroxyl groups is 1.